The van der Waals surface area contributed by atoms with Crippen molar-refractivity contribution in [3.05, 3.63) is 46.9 Å². The van der Waals surface area contributed by atoms with Crippen molar-refractivity contribution in [1.82, 2.24) is 29.7 Å². The van der Waals surface area contributed by atoms with Gasteiger partial charge in [0.15, 0.2) is 17.2 Å². The number of ether oxygens (including phenoxy) is 1. The largest absolute Gasteiger partial charge is 0.491 e. The molecule has 1 unspecified atom stereocenters. The molecule has 3 aromatic heterocycles. The molecule has 3 heterocycles. The molecule has 0 aliphatic carbocycles. The summed E-state index contributed by atoms with van der Waals surface area (Å²) in [5.41, 5.74) is 7.99. The lowest BCUT2D eigenvalue weighted by Crippen LogP contribution is -2.27. The van der Waals surface area contributed by atoms with Gasteiger partial charge in [-0.15, -0.1) is 5.10 Å². The average Bonchev–Trinajstić information content (AvgIpc) is 3.42. The Bertz CT molecular complexity index is 1480. The first-order valence-corrected chi connectivity index (χ1v) is 11.7. The lowest BCUT2D eigenvalue weighted by molar-refractivity contribution is -0.192. The zero-order valence-electron chi connectivity index (χ0n) is 20.7. The molecule has 0 fully saturated rings. The number of rotatable bonds is 6. The number of aliphatic carboxylic acids is 1. The van der Waals surface area contributed by atoms with Crippen molar-refractivity contribution in [2.24, 2.45) is 0 Å². The molecular weight excluding hydrogens is 531 g/mol. The molecule has 4 rings (SSSR count). The molecule has 11 nitrogen and oxygen atoms in total. The van der Waals surface area contributed by atoms with Crippen LogP contribution in [0, 0.1) is 0 Å². The quantitative estimate of drug-likeness (QED) is 0.316. The van der Waals surface area contributed by atoms with Gasteiger partial charge >= 0.3 is 12.1 Å². The summed E-state index contributed by atoms with van der Waals surface area (Å²) in [7, 11) is 0. The van der Waals surface area contributed by atoms with E-state index in [1.165, 1.54) is 4.52 Å². The second-order valence-corrected chi connectivity index (χ2v) is 8.73. The highest BCUT2D eigenvalue weighted by Gasteiger charge is 2.38. The second-order valence-electron chi connectivity index (χ2n) is 8.32. The number of halogens is 4. The van der Waals surface area contributed by atoms with Gasteiger partial charge in [-0.1, -0.05) is 11.6 Å². The van der Waals surface area contributed by atoms with Crippen molar-refractivity contribution >= 4 is 45.8 Å². The van der Waals surface area contributed by atoms with Gasteiger partial charge in [-0.2, -0.15) is 18.3 Å². The van der Waals surface area contributed by atoms with E-state index >= 15 is 0 Å². The van der Waals surface area contributed by atoms with Crippen LogP contribution in [0.25, 0.3) is 16.6 Å². The van der Waals surface area contributed by atoms with Crippen molar-refractivity contribution in [2.75, 3.05) is 12.3 Å². The van der Waals surface area contributed by atoms with Crippen LogP contribution in [0.5, 0.6) is 5.75 Å². The minimum Gasteiger partial charge on any atom is -0.491 e. The second kappa shape index (κ2) is 11.1. The summed E-state index contributed by atoms with van der Waals surface area (Å²) in [6, 6.07) is 3.26. The number of fused-ring (bicyclic) bond motifs is 2. The van der Waals surface area contributed by atoms with Crippen molar-refractivity contribution < 1.29 is 32.6 Å². The summed E-state index contributed by atoms with van der Waals surface area (Å²) in [4.78, 5) is 26.2. The van der Waals surface area contributed by atoms with Crippen LogP contribution >= 0.6 is 11.6 Å². The van der Waals surface area contributed by atoms with Crippen LogP contribution in [0.15, 0.2) is 30.7 Å². The van der Waals surface area contributed by atoms with Gasteiger partial charge in [0, 0.05) is 35.6 Å². The predicted octanol–water partition coefficient (Wildman–Crippen LogP) is 4.42. The zero-order valence-corrected chi connectivity index (χ0v) is 21.5. The van der Waals surface area contributed by atoms with E-state index in [9.17, 15) is 18.0 Å². The molecule has 0 aliphatic rings. The Morgan fingerprint density at radius 1 is 1.26 bits per heavy atom. The van der Waals surface area contributed by atoms with Crippen molar-refractivity contribution in [3.8, 4) is 5.75 Å². The van der Waals surface area contributed by atoms with Crippen LogP contribution in [0.2, 0.25) is 5.02 Å². The molecule has 0 spiro atoms. The molecule has 1 aromatic carbocycles. The number of aromatic nitrogens is 5. The number of alkyl halides is 3. The number of hydrogen-bond donors (Lipinski definition) is 3. The van der Waals surface area contributed by atoms with Gasteiger partial charge in [-0.05, 0) is 39.8 Å². The third-order valence-electron chi connectivity index (χ3n) is 5.27. The average molecular weight is 556 g/mol. The van der Waals surface area contributed by atoms with Crippen LogP contribution in [-0.4, -0.2) is 54.1 Å². The molecule has 4 aromatic rings. The Morgan fingerprint density at radius 2 is 1.92 bits per heavy atom. The third-order valence-corrected chi connectivity index (χ3v) is 5.59. The van der Waals surface area contributed by atoms with E-state index in [1.807, 2.05) is 44.6 Å². The highest BCUT2D eigenvalue weighted by atomic mass is 35.5. The van der Waals surface area contributed by atoms with Crippen LogP contribution in [-0.2, 0) is 4.79 Å². The molecule has 15 heteroatoms. The summed E-state index contributed by atoms with van der Waals surface area (Å²) in [5.74, 6) is -2.43. The minimum atomic E-state index is -5.08. The molecule has 4 N–H and O–H groups in total. The van der Waals surface area contributed by atoms with Crippen LogP contribution in [0.3, 0.4) is 0 Å². The third kappa shape index (κ3) is 5.90. The van der Waals surface area contributed by atoms with Gasteiger partial charge in [0.2, 0.25) is 0 Å². The lowest BCUT2D eigenvalue weighted by Gasteiger charge is -2.19. The highest BCUT2D eigenvalue weighted by molar-refractivity contribution is 6.35. The summed E-state index contributed by atoms with van der Waals surface area (Å²) < 4.78 is 41.0. The highest BCUT2D eigenvalue weighted by Crippen LogP contribution is 2.38. The van der Waals surface area contributed by atoms with Crippen molar-refractivity contribution in [2.45, 2.75) is 46.0 Å². The normalized spacial score (nSPS) is 12.3. The number of nitrogens with two attached hydrogens (primary N) is 1. The topological polar surface area (TPSA) is 150 Å². The Morgan fingerprint density at radius 3 is 2.50 bits per heavy atom. The molecule has 1 amide bonds. The zero-order chi connectivity index (χ0) is 28.4. The Balaban J connectivity index is 0.000000505. The predicted molar refractivity (Wildman–Crippen MR) is 133 cm³/mol. The fourth-order valence-corrected chi connectivity index (χ4v) is 3.76. The number of amides is 1. The maximum atomic E-state index is 13.1. The Hall–Kier alpha value is -4.07. The standard InChI is InChI=1S/C21H24ClN7O2.C2HF3O2/c1-5-31-18-13(9-15(22)14-10-29(11(2)3)26-17(14)18)12(4)25-21(30)16-19(23)27-28-8-6-7-24-20(16)28;3-2(4,5)1(6)7/h6-12H,5H2,1-4H3,(H2,23,27)(H,25,30);(H,6,7). The number of hydrogen-bond acceptors (Lipinski definition) is 7. The van der Waals surface area contributed by atoms with Crippen molar-refractivity contribution in [3.63, 3.8) is 0 Å². The Kier molecular flexibility index (Phi) is 8.35. The molecule has 0 aliphatic heterocycles. The molecule has 204 valence electrons. The smallest absolute Gasteiger partial charge is 0.490 e. The number of nitrogen functional groups attached to an aromatic ring is 1. The van der Waals surface area contributed by atoms with E-state index in [2.05, 4.69) is 20.5 Å². The number of carbonyl (C=O) groups is 2. The molecule has 0 saturated carbocycles. The summed E-state index contributed by atoms with van der Waals surface area (Å²) in [6.07, 6.45) is 0.0940. The first kappa shape index (κ1) is 28.5. The van der Waals surface area contributed by atoms with Gasteiger partial charge in [0.25, 0.3) is 5.91 Å². The Labute approximate surface area is 219 Å². The van der Waals surface area contributed by atoms with Gasteiger partial charge in [-0.25, -0.2) is 14.3 Å². The van der Waals surface area contributed by atoms with E-state index in [4.69, 9.17) is 32.0 Å². The number of carbonyl (C=O) groups excluding carboxylic acids is 1. The summed E-state index contributed by atoms with van der Waals surface area (Å²) in [5, 5.41) is 20.3. The van der Waals surface area contributed by atoms with E-state index in [1.54, 1.807) is 18.5 Å². The molecule has 0 bridgehead atoms. The lowest BCUT2D eigenvalue weighted by atomic mass is 10.0. The maximum Gasteiger partial charge on any atom is 0.490 e. The summed E-state index contributed by atoms with van der Waals surface area (Å²) >= 11 is 6.57. The number of carboxylic acid groups (broad SMARTS) is 1. The monoisotopic (exact) mass is 555 g/mol. The van der Waals surface area contributed by atoms with Gasteiger partial charge in [0.1, 0.15) is 11.1 Å². The molecule has 0 saturated heterocycles. The number of nitrogens with one attached hydrogen (secondary N) is 1. The molecule has 0 radical (unpaired) electrons. The number of anilines is 1. The summed E-state index contributed by atoms with van der Waals surface area (Å²) in [6.45, 7) is 8.28. The van der Waals surface area contributed by atoms with Crippen LogP contribution in [0.1, 0.15) is 55.7 Å². The van der Waals surface area contributed by atoms with Crippen molar-refractivity contribution in [1.29, 1.82) is 0 Å². The van der Waals surface area contributed by atoms with Gasteiger partial charge in [0.05, 0.1) is 17.7 Å². The first-order chi connectivity index (χ1) is 17.8. The fraction of sp³-hybridized carbons (Fsp3) is 0.348. The SMILES string of the molecule is CCOc1c(C(C)NC(=O)c2c(N)nn3cccnc23)cc(Cl)c2cn(C(C)C)nc12.O=C(O)C(F)(F)F. The van der Waals surface area contributed by atoms with E-state index in [-0.39, 0.29) is 23.3 Å². The maximum absolute atomic E-state index is 13.1. The molecule has 1 atom stereocenters. The van der Waals surface area contributed by atoms with Gasteiger partial charge in [-0.3, -0.25) is 9.48 Å². The van der Waals surface area contributed by atoms with E-state index < -0.39 is 18.2 Å². The number of nitrogens with zero attached hydrogens (tertiary/aromatic N) is 5. The van der Waals surface area contributed by atoms with E-state index in [0.29, 0.717) is 28.5 Å². The van der Waals surface area contributed by atoms with Crippen LogP contribution < -0.4 is 15.8 Å². The van der Waals surface area contributed by atoms with Gasteiger partial charge < -0.3 is 20.9 Å². The fourth-order valence-electron chi connectivity index (χ4n) is 3.50. The number of benzene rings is 1. The first-order valence-electron chi connectivity index (χ1n) is 11.3. The molecule has 38 heavy (non-hydrogen) atoms. The van der Waals surface area contributed by atoms with E-state index in [0.717, 1.165) is 10.9 Å². The number of carboxylic acids is 1. The molecular formula is C23H25ClF3N7O4. The van der Waals surface area contributed by atoms with Crippen LogP contribution in [0.4, 0.5) is 19.0 Å². The minimum absolute atomic E-state index is 0.109.